The highest BCUT2D eigenvalue weighted by Crippen LogP contribution is 2.28. The summed E-state index contributed by atoms with van der Waals surface area (Å²) in [5, 5.41) is 8.35. The van der Waals surface area contributed by atoms with Gasteiger partial charge in [-0.2, -0.15) is 0 Å². The maximum atomic E-state index is 12.8. The van der Waals surface area contributed by atoms with Crippen molar-refractivity contribution < 1.29 is 9.59 Å². The number of nitrogens with zero attached hydrogens (tertiary/aromatic N) is 2. The first kappa shape index (κ1) is 19.4. The molecule has 1 aliphatic heterocycles. The van der Waals surface area contributed by atoms with E-state index >= 15 is 0 Å². The summed E-state index contributed by atoms with van der Waals surface area (Å²) in [5.41, 5.74) is 1.31. The molecule has 1 atom stereocenters. The van der Waals surface area contributed by atoms with Gasteiger partial charge in [0.25, 0.3) is 5.91 Å². The van der Waals surface area contributed by atoms with Gasteiger partial charge in [0.2, 0.25) is 5.91 Å². The Morgan fingerprint density at radius 3 is 2.93 bits per heavy atom. The van der Waals surface area contributed by atoms with Crippen LogP contribution < -0.4 is 5.32 Å². The van der Waals surface area contributed by atoms with Crippen molar-refractivity contribution in [3.05, 3.63) is 63.4 Å². The first-order valence-electron chi connectivity index (χ1n) is 8.52. The van der Waals surface area contributed by atoms with Crippen LogP contribution in [0.15, 0.2) is 47.2 Å². The number of carbonyl (C=O) groups is 2. The van der Waals surface area contributed by atoms with Crippen molar-refractivity contribution in [1.29, 1.82) is 0 Å². The zero-order valence-corrected chi connectivity index (χ0v) is 17.8. The molecule has 1 aliphatic rings. The molecule has 9 heteroatoms. The fraction of sp³-hybridized carbons (Fsp3) is 0.211. The summed E-state index contributed by atoms with van der Waals surface area (Å²) < 4.78 is 0. The first-order chi connectivity index (χ1) is 13.6. The summed E-state index contributed by atoms with van der Waals surface area (Å²) in [4.78, 5) is 32.8. The summed E-state index contributed by atoms with van der Waals surface area (Å²) in [6.45, 7) is 0.348. The van der Waals surface area contributed by atoms with Crippen molar-refractivity contribution in [2.75, 3.05) is 11.6 Å². The highest BCUT2D eigenvalue weighted by atomic mass is 35.5. The Balaban J connectivity index is 1.39. The van der Waals surface area contributed by atoms with E-state index in [1.54, 1.807) is 63.6 Å². The Bertz CT molecular complexity index is 990. The van der Waals surface area contributed by atoms with Crippen LogP contribution in [0.25, 0.3) is 9.88 Å². The maximum absolute atomic E-state index is 12.8. The van der Waals surface area contributed by atoms with E-state index in [-0.39, 0.29) is 11.8 Å². The van der Waals surface area contributed by atoms with Crippen molar-refractivity contribution >= 4 is 57.9 Å². The van der Waals surface area contributed by atoms with E-state index in [1.807, 2.05) is 22.9 Å². The van der Waals surface area contributed by atoms with Crippen molar-refractivity contribution in [1.82, 2.24) is 15.2 Å². The van der Waals surface area contributed by atoms with Crippen LogP contribution in [0.5, 0.6) is 0 Å². The Kier molecular flexibility index (Phi) is 6.01. The fourth-order valence-electron chi connectivity index (χ4n) is 2.84. The number of carbonyl (C=O) groups excluding carboxylic acids is 2. The standard InChI is InChI=1S/C19H16ClN3O2S3/c20-13-4-1-3-12(7-13)19(25)23-11-26-10-15(23)17(24)21-8-14-9-28-18(22-14)16-5-2-6-27-16/h1-7,9,15H,8,10-11H2,(H,21,24). The molecule has 0 bridgehead atoms. The third-order valence-corrected chi connectivity index (χ3v) is 7.42. The minimum atomic E-state index is -0.494. The predicted octanol–water partition coefficient (Wildman–Crippen LogP) is 4.36. The highest BCUT2D eigenvalue weighted by molar-refractivity contribution is 7.99. The van der Waals surface area contributed by atoms with E-state index in [1.165, 1.54) is 0 Å². The topological polar surface area (TPSA) is 62.3 Å². The van der Waals surface area contributed by atoms with Gasteiger partial charge in [0.05, 0.1) is 23.0 Å². The maximum Gasteiger partial charge on any atom is 0.255 e. The number of nitrogens with one attached hydrogen (secondary N) is 1. The second kappa shape index (κ2) is 8.65. The number of aromatic nitrogens is 1. The molecule has 2 amide bonds. The number of thiazole rings is 1. The molecular weight excluding hydrogens is 434 g/mol. The van der Waals surface area contributed by atoms with Gasteiger partial charge in [-0.1, -0.05) is 23.7 Å². The van der Waals surface area contributed by atoms with Crippen LogP contribution in [0.4, 0.5) is 0 Å². The summed E-state index contributed by atoms with van der Waals surface area (Å²) >= 11 is 10.8. The van der Waals surface area contributed by atoms with Crippen LogP contribution in [-0.2, 0) is 11.3 Å². The Hall–Kier alpha value is -1.87. The molecule has 1 N–H and O–H groups in total. The molecule has 1 fully saturated rings. The van der Waals surface area contributed by atoms with Crippen LogP contribution in [-0.4, -0.2) is 39.4 Å². The SMILES string of the molecule is O=C(NCc1csc(-c2cccs2)n1)C1CSCN1C(=O)c1cccc(Cl)c1. The number of hydrogen-bond acceptors (Lipinski definition) is 6. The Morgan fingerprint density at radius 2 is 2.14 bits per heavy atom. The predicted molar refractivity (Wildman–Crippen MR) is 116 cm³/mol. The molecule has 5 nitrogen and oxygen atoms in total. The van der Waals surface area contributed by atoms with Gasteiger partial charge in [0.1, 0.15) is 11.0 Å². The fourth-order valence-corrected chi connectivity index (χ4v) is 5.82. The average Bonchev–Trinajstić information content (AvgIpc) is 3.46. The normalized spacial score (nSPS) is 16.3. The highest BCUT2D eigenvalue weighted by Gasteiger charge is 2.35. The van der Waals surface area contributed by atoms with Gasteiger partial charge in [-0.15, -0.1) is 34.4 Å². The van der Waals surface area contributed by atoms with Gasteiger partial charge < -0.3 is 10.2 Å². The lowest BCUT2D eigenvalue weighted by Crippen LogP contribution is -2.47. The number of amides is 2. The van der Waals surface area contributed by atoms with Crippen LogP contribution in [0.3, 0.4) is 0 Å². The van der Waals surface area contributed by atoms with E-state index in [9.17, 15) is 9.59 Å². The number of halogens is 1. The van der Waals surface area contributed by atoms with Gasteiger partial charge in [0, 0.05) is 21.7 Å². The Morgan fingerprint density at radius 1 is 1.25 bits per heavy atom. The lowest BCUT2D eigenvalue weighted by Gasteiger charge is -2.23. The summed E-state index contributed by atoms with van der Waals surface area (Å²) in [6, 6.07) is 10.3. The molecule has 0 spiro atoms. The van der Waals surface area contributed by atoms with Crippen LogP contribution in [0, 0.1) is 0 Å². The zero-order valence-electron chi connectivity index (χ0n) is 14.6. The molecule has 28 heavy (non-hydrogen) atoms. The second-order valence-electron chi connectivity index (χ2n) is 6.14. The monoisotopic (exact) mass is 449 g/mol. The van der Waals surface area contributed by atoms with E-state index in [2.05, 4.69) is 10.3 Å². The molecule has 0 saturated carbocycles. The third-order valence-electron chi connectivity index (χ3n) is 4.24. The number of thioether (sulfide) groups is 1. The largest absolute Gasteiger partial charge is 0.349 e. The molecule has 4 rings (SSSR count). The van der Waals surface area contributed by atoms with Gasteiger partial charge in [0.15, 0.2) is 0 Å². The smallest absolute Gasteiger partial charge is 0.255 e. The molecule has 1 unspecified atom stereocenters. The van der Waals surface area contributed by atoms with Gasteiger partial charge in [-0.3, -0.25) is 9.59 Å². The van der Waals surface area contributed by atoms with Crippen LogP contribution in [0.2, 0.25) is 5.02 Å². The molecule has 0 radical (unpaired) electrons. The summed E-state index contributed by atoms with van der Waals surface area (Å²) in [6.07, 6.45) is 0. The molecule has 1 saturated heterocycles. The Labute approximate surface area is 179 Å². The first-order valence-corrected chi connectivity index (χ1v) is 11.8. The minimum Gasteiger partial charge on any atom is -0.349 e. The van der Waals surface area contributed by atoms with Crippen LogP contribution >= 0.6 is 46.0 Å². The second-order valence-corrected chi connectivity index (χ2v) is 9.38. The number of thiophene rings is 1. The van der Waals surface area contributed by atoms with Gasteiger partial charge in [-0.05, 0) is 29.6 Å². The summed E-state index contributed by atoms with van der Waals surface area (Å²) in [5.74, 6) is 0.727. The molecule has 3 aromatic rings. The number of benzene rings is 1. The van der Waals surface area contributed by atoms with Crippen molar-refractivity contribution in [2.45, 2.75) is 12.6 Å². The van der Waals surface area contributed by atoms with Crippen molar-refractivity contribution in [3.63, 3.8) is 0 Å². The molecule has 1 aromatic carbocycles. The van der Waals surface area contributed by atoms with Crippen molar-refractivity contribution in [2.24, 2.45) is 0 Å². The zero-order chi connectivity index (χ0) is 19.5. The van der Waals surface area contributed by atoms with E-state index in [0.717, 1.165) is 15.6 Å². The molecule has 2 aromatic heterocycles. The number of rotatable bonds is 5. The van der Waals surface area contributed by atoms with E-state index in [4.69, 9.17) is 11.6 Å². The summed E-state index contributed by atoms with van der Waals surface area (Å²) in [7, 11) is 0. The molecule has 144 valence electrons. The van der Waals surface area contributed by atoms with E-state index < -0.39 is 6.04 Å². The quantitative estimate of drug-likeness (QED) is 0.628. The third kappa shape index (κ3) is 4.25. The molecular formula is C19H16ClN3O2S3. The molecule has 0 aliphatic carbocycles. The lowest BCUT2D eigenvalue weighted by atomic mass is 10.1. The van der Waals surface area contributed by atoms with E-state index in [0.29, 0.717) is 28.8 Å². The van der Waals surface area contributed by atoms with Crippen molar-refractivity contribution in [3.8, 4) is 9.88 Å². The minimum absolute atomic E-state index is 0.161. The van der Waals surface area contributed by atoms with Crippen LogP contribution in [0.1, 0.15) is 16.1 Å². The lowest BCUT2D eigenvalue weighted by molar-refractivity contribution is -0.124. The van der Waals surface area contributed by atoms with Gasteiger partial charge >= 0.3 is 0 Å². The molecule has 3 heterocycles. The average molecular weight is 450 g/mol. The number of hydrogen-bond donors (Lipinski definition) is 1. The van der Waals surface area contributed by atoms with Gasteiger partial charge in [-0.25, -0.2) is 4.98 Å².